The van der Waals surface area contributed by atoms with E-state index in [-0.39, 0.29) is 31.3 Å². The van der Waals surface area contributed by atoms with Gasteiger partial charge in [-0.3, -0.25) is 4.79 Å². The monoisotopic (exact) mass is 804 g/mol. The van der Waals surface area contributed by atoms with E-state index in [1.165, 1.54) is 0 Å². The molecule has 12 heteroatoms. The van der Waals surface area contributed by atoms with Crippen molar-refractivity contribution in [2.75, 3.05) is 26.8 Å². The number of alkyl carbamates (subject to hydrolysis) is 1. The molecule has 10 nitrogen and oxygen atoms in total. The number of halogens is 2. The van der Waals surface area contributed by atoms with Crippen molar-refractivity contribution in [2.24, 2.45) is 5.16 Å². The number of benzene rings is 4. The molecule has 0 aliphatic carbocycles. The lowest BCUT2D eigenvalue weighted by Gasteiger charge is -2.15. The number of nitrogens with zero attached hydrogens (tertiary/aromatic N) is 1. The Kier molecular flexibility index (Phi) is 13.7. The Morgan fingerprint density at radius 2 is 1.60 bits per heavy atom. The van der Waals surface area contributed by atoms with Crippen molar-refractivity contribution in [3.8, 4) is 11.5 Å². The average molecular weight is 807 g/mol. The van der Waals surface area contributed by atoms with E-state index in [4.69, 9.17) is 19.0 Å². The van der Waals surface area contributed by atoms with Crippen molar-refractivity contribution in [1.29, 1.82) is 0 Å². The van der Waals surface area contributed by atoms with E-state index in [0.29, 0.717) is 42.8 Å². The number of ether oxygens (including phenoxy) is 3. The summed E-state index contributed by atoms with van der Waals surface area (Å²) in [5.74, 6) is 0.952. The van der Waals surface area contributed by atoms with Crippen molar-refractivity contribution >= 4 is 60.5 Å². The number of methoxy groups -OCH3 is 1. The molecule has 5 rings (SSSR count). The molecule has 50 heavy (non-hydrogen) atoms. The third kappa shape index (κ3) is 10.8. The van der Waals surface area contributed by atoms with Crippen molar-refractivity contribution in [1.82, 2.24) is 15.6 Å². The molecule has 0 aliphatic heterocycles. The molecule has 0 atom stereocenters. The molecule has 0 radical (unpaired) electrons. The van der Waals surface area contributed by atoms with Crippen LogP contribution in [0.25, 0.3) is 10.9 Å². The Bertz CT molecular complexity index is 1900. The smallest absolute Gasteiger partial charge is 0.407 e. The van der Waals surface area contributed by atoms with Crippen LogP contribution in [0.3, 0.4) is 0 Å². The van der Waals surface area contributed by atoms with Gasteiger partial charge in [0, 0.05) is 46.6 Å². The first kappa shape index (κ1) is 36.5. The summed E-state index contributed by atoms with van der Waals surface area (Å²) in [6.07, 6.45) is 2.78. The zero-order valence-electron chi connectivity index (χ0n) is 27.5. The minimum Gasteiger partial charge on any atom is -0.497 e. The molecule has 4 aromatic carbocycles. The number of hydrogen-bond acceptors (Lipinski definition) is 7. The summed E-state index contributed by atoms with van der Waals surface area (Å²) in [7, 11) is 1.61. The Hall–Kier alpha value is -4.81. The van der Waals surface area contributed by atoms with Crippen LogP contribution in [-0.2, 0) is 40.4 Å². The Labute approximate surface area is 307 Å². The second-order valence-corrected chi connectivity index (χ2v) is 13.0. The van der Waals surface area contributed by atoms with E-state index in [1.54, 1.807) is 7.11 Å². The number of nitrogens with one attached hydrogen (secondary N) is 3. The van der Waals surface area contributed by atoms with E-state index in [0.717, 1.165) is 43.4 Å². The summed E-state index contributed by atoms with van der Waals surface area (Å²) < 4.78 is 18.2. The SMILES string of the molecule is COc1ccc(CO/N=C(\Cc2cc(Br)cc(Br)c2OCCCNC(=O)OCc2ccccc2)C(=O)NCCc2c[nH]c3ccccc23)cc1. The zero-order valence-corrected chi connectivity index (χ0v) is 30.7. The summed E-state index contributed by atoms with van der Waals surface area (Å²) in [4.78, 5) is 34.7. The molecule has 2 amide bonds. The molecular formula is C38H38Br2N4O6. The largest absolute Gasteiger partial charge is 0.497 e. The highest BCUT2D eigenvalue weighted by Crippen LogP contribution is 2.34. The maximum absolute atomic E-state index is 13.6. The molecule has 3 N–H and O–H groups in total. The fraction of sp³-hybridized carbons (Fsp3) is 0.237. The number of fused-ring (bicyclic) bond motifs is 1. The molecule has 1 heterocycles. The van der Waals surface area contributed by atoms with Crippen LogP contribution in [0.5, 0.6) is 11.5 Å². The number of aromatic amines is 1. The number of amides is 2. The Morgan fingerprint density at radius 3 is 2.40 bits per heavy atom. The lowest BCUT2D eigenvalue weighted by atomic mass is 10.1. The fourth-order valence-corrected chi connectivity index (χ4v) is 6.54. The van der Waals surface area contributed by atoms with Gasteiger partial charge in [0.15, 0.2) is 0 Å². The Balaban J connectivity index is 1.21. The number of para-hydroxylation sites is 1. The van der Waals surface area contributed by atoms with E-state index >= 15 is 0 Å². The molecule has 5 aromatic rings. The molecular weight excluding hydrogens is 768 g/mol. The fourth-order valence-electron chi connectivity index (χ4n) is 5.11. The van der Waals surface area contributed by atoms with Gasteiger partial charge in [0.1, 0.15) is 30.4 Å². The maximum atomic E-state index is 13.6. The summed E-state index contributed by atoms with van der Waals surface area (Å²) in [6.45, 7) is 1.45. The summed E-state index contributed by atoms with van der Waals surface area (Å²) in [6, 6.07) is 28.7. The van der Waals surface area contributed by atoms with E-state index in [1.807, 2.05) is 91.1 Å². The molecule has 0 bridgehead atoms. The first-order valence-corrected chi connectivity index (χ1v) is 17.7. The van der Waals surface area contributed by atoms with Crippen LogP contribution in [0.4, 0.5) is 4.79 Å². The van der Waals surface area contributed by atoms with E-state index in [2.05, 4.69) is 58.7 Å². The van der Waals surface area contributed by atoms with Gasteiger partial charge in [-0.15, -0.1) is 0 Å². The van der Waals surface area contributed by atoms with Crippen LogP contribution in [0.2, 0.25) is 0 Å². The number of hydrogen-bond donors (Lipinski definition) is 3. The number of oxime groups is 1. The van der Waals surface area contributed by atoms with Gasteiger partial charge in [-0.25, -0.2) is 4.79 Å². The molecule has 0 unspecified atom stereocenters. The molecule has 0 saturated carbocycles. The van der Waals surface area contributed by atoms with Crippen molar-refractivity contribution in [3.05, 3.63) is 128 Å². The van der Waals surface area contributed by atoms with Gasteiger partial charge < -0.3 is 34.7 Å². The highest BCUT2D eigenvalue weighted by atomic mass is 79.9. The minimum absolute atomic E-state index is 0.138. The summed E-state index contributed by atoms with van der Waals surface area (Å²) >= 11 is 7.17. The van der Waals surface area contributed by atoms with Gasteiger partial charge in [-0.2, -0.15) is 0 Å². The predicted octanol–water partition coefficient (Wildman–Crippen LogP) is 7.87. The summed E-state index contributed by atoms with van der Waals surface area (Å²) in [5, 5.41) is 11.2. The summed E-state index contributed by atoms with van der Waals surface area (Å²) in [5.41, 5.74) is 4.86. The third-order valence-electron chi connectivity index (χ3n) is 7.67. The number of carbonyl (C=O) groups excluding carboxylic acids is 2. The first-order valence-electron chi connectivity index (χ1n) is 16.1. The first-order chi connectivity index (χ1) is 24.4. The molecule has 0 fully saturated rings. The van der Waals surface area contributed by atoms with E-state index in [9.17, 15) is 9.59 Å². The van der Waals surface area contributed by atoms with Gasteiger partial charge >= 0.3 is 6.09 Å². The lowest BCUT2D eigenvalue weighted by Crippen LogP contribution is -2.34. The van der Waals surface area contributed by atoms with Gasteiger partial charge in [0.05, 0.1) is 18.2 Å². The normalized spacial score (nSPS) is 11.2. The molecule has 0 aliphatic rings. The van der Waals surface area contributed by atoms with Crippen LogP contribution in [0.1, 0.15) is 28.7 Å². The van der Waals surface area contributed by atoms with Crippen LogP contribution >= 0.6 is 31.9 Å². The van der Waals surface area contributed by atoms with Crippen molar-refractivity contribution in [2.45, 2.75) is 32.5 Å². The second kappa shape index (κ2) is 18.8. The molecule has 260 valence electrons. The van der Waals surface area contributed by atoms with Crippen molar-refractivity contribution < 1.29 is 28.6 Å². The van der Waals surface area contributed by atoms with Crippen molar-refractivity contribution in [3.63, 3.8) is 0 Å². The second-order valence-electron chi connectivity index (χ2n) is 11.3. The number of H-pyrrole nitrogens is 1. The molecule has 1 aromatic heterocycles. The Morgan fingerprint density at radius 1 is 0.840 bits per heavy atom. The van der Waals surface area contributed by atoms with Gasteiger partial charge in [0.2, 0.25) is 0 Å². The topological polar surface area (TPSA) is 123 Å². The number of aromatic nitrogens is 1. The predicted molar refractivity (Wildman–Crippen MR) is 201 cm³/mol. The maximum Gasteiger partial charge on any atom is 0.407 e. The minimum atomic E-state index is -0.495. The van der Waals surface area contributed by atoms with Crippen LogP contribution in [0.15, 0.2) is 111 Å². The van der Waals surface area contributed by atoms with Crippen LogP contribution < -0.4 is 20.1 Å². The molecule has 0 spiro atoms. The van der Waals surface area contributed by atoms with E-state index < -0.39 is 6.09 Å². The van der Waals surface area contributed by atoms with Crippen LogP contribution in [0, 0.1) is 0 Å². The van der Waals surface area contributed by atoms with Gasteiger partial charge in [0.25, 0.3) is 5.91 Å². The van der Waals surface area contributed by atoms with Crippen LogP contribution in [-0.4, -0.2) is 49.5 Å². The average Bonchev–Trinajstić information content (AvgIpc) is 3.54. The zero-order chi connectivity index (χ0) is 35.1. The number of carbonyl (C=O) groups is 2. The molecule has 0 saturated heterocycles. The van der Waals surface area contributed by atoms with Gasteiger partial charge in [-0.1, -0.05) is 81.7 Å². The highest BCUT2D eigenvalue weighted by molar-refractivity contribution is 9.11. The third-order valence-corrected chi connectivity index (χ3v) is 8.72. The standard InChI is InChI=1S/C38H38Br2N4O6/c1-47-31-14-12-27(13-15-31)25-50-44-35(37(45)41-18-16-28-23-43-34-11-6-5-10-32(28)34)21-29-20-30(39)22-33(40)36(29)48-19-7-17-42-38(46)49-24-26-8-3-2-4-9-26/h2-6,8-15,20,22-23,43H,7,16-19,21,24-25H2,1H3,(H,41,45)(H,42,46)/b44-35+. The highest BCUT2D eigenvalue weighted by Gasteiger charge is 2.19. The lowest BCUT2D eigenvalue weighted by molar-refractivity contribution is -0.115. The quantitative estimate of drug-likeness (QED) is 0.0500. The van der Waals surface area contributed by atoms with Gasteiger partial charge in [-0.05, 0) is 75.8 Å². The number of rotatable bonds is 17.